The third-order valence-corrected chi connectivity index (χ3v) is 2.89. The number of carbonyl (C=O) groups excluding carboxylic acids is 1. The summed E-state index contributed by atoms with van der Waals surface area (Å²) in [7, 11) is 1.58. The highest BCUT2D eigenvalue weighted by Crippen LogP contribution is 2.19. The molecule has 1 atom stereocenters. The first kappa shape index (κ1) is 13.9. The highest BCUT2D eigenvalue weighted by atomic mass is 16.5. The molecule has 0 unspecified atom stereocenters. The molecule has 0 saturated heterocycles. The van der Waals surface area contributed by atoms with Crippen molar-refractivity contribution in [1.82, 2.24) is 0 Å². The standard InChI is InChI=1S/C15H16N2O3/c1-20-13-8-4-11(5-9-13)17-15(19)14(16)10-2-6-12(18)7-3-10/h2-9,14,18H,16H2,1H3,(H,17,19)/t14-/m0/s1. The molecule has 4 N–H and O–H groups in total. The quantitative estimate of drug-likeness (QED) is 0.795. The van der Waals surface area contributed by atoms with Crippen LogP contribution in [-0.4, -0.2) is 18.1 Å². The number of anilines is 1. The van der Waals surface area contributed by atoms with Gasteiger partial charge in [0, 0.05) is 5.69 Å². The topological polar surface area (TPSA) is 84.6 Å². The van der Waals surface area contributed by atoms with Gasteiger partial charge in [-0.1, -0.05) is 12.1 Å². The molecular weight excluding hydrogens is 256 g/mol. The minimum absolute atomic E-state index is 0.136. The highest BCUT2D eigenvalue weighted by molar-refractivity contribution is 5.95. The lowest BCUT2D eigenvalue weighted by molar-refractivity contribution is -0.117. The molecule has 0 spiro atoms. The molecular formula is C15H16N2O3. The van der Waals surface area contributed by atoms with Crippen molar-refractivity contribution < 1.29 is 14.6 Å². The van der Waals surface area contributed by atoms with E-state index < -0.39 is 6.04 Å². The Bertz CT molecular complexity index is 579. The summed E-state index contributed by atoms with van der Waals surface area (Å²) in [5, 5.41) is 11.9. The first-order valence-electron chi connectivity index (χ1n) is 6.09. The number of benzene rings is 2. The molecule has 0 heterocycles. The lowest BCUT2D eigenvalue weighted by Gasteiger charge is -2.13. The van der Waals surface area contributed by atoms with Gasteiger partial charge in [-0.3, -0.25) is 4.79 Å². The van der Waals surface area contributed by atoms with Gasteiger partial charge in [-0.05, 0) is 42.0 Å². The maximum absolute atomic E-state index is 12.0. The molecule has 0 bridgehead atoms. The normalized spacial score (nSPS) is 11.7. The number of nitrogens with two attached hydrogens (primary N) is 1. The molecule has 0 aromatic heterocycles. The molecule has 0 aliphatic rings. The van der Waals surface area contributed by atoms with Crippen LogP contribution in [0.2, 0.25) is 0 Å². The van der Waals surface area contributed by atoms with Crippen molar-refractivity contribution in [2.75, 3.05) is 12.4 Å². The molecule has 104 valence electrons. The summed E-state index contributed by atoms with van der Waals surface area (Å²) in [6, 6.07) is 12.4. The molecule has 20 heavy (non-hydrogen) atoms. The Kier molecular flexibility index (Phi) is 4.22. The maximum atomic E-state index is 12.0. The second-order valence-corrected chi connectivity index (χ2v) is 4.29. The number of ether oxygens (including phenoxy) is 1. The van der Waals surface area contributed by atoms with E-state index in [1.54, 1.807) is 43.5 Å². The predicted octanol–water partition coefficient (Wildman–Crippen LogP) is 2.04. The molecule has 1 amide bonds. The van der Waals surface area contributed by atoms with E-state index in [0.29, 0.717) is 17.0 Å². The minimum atomic E-state index is -0.794. The van der Waals surface area contributed by atoms with Crippen LogP contribution >= 0.6 is 0 Å². The van der Waals surface area contributed by atoms with E-state index in [4.69, 9.17) is 10.5 Å². The zero-order chi connectivity index (χ0) is 14.5. The van der Waals surface area contributed by atoms with Crippen LogP contribution in [0.15, 0.2) is 48.5 Å². The van der Waals surface area contributed by atoms with Gasteiger partial charge in [-0.25, -0.2) is 0 Å². The molecule has 2 aromatic rings. The number of hydrogen-bond donors (Lipinski definition) is 3. The summed E-state index contributed by atoms with van der Waals surface area (Å²) in [5.74, 6) is 0.531. The van der Waals surface area contributed by atoms with Crippen molar-refractivity contribution in [1.29, 1.82) is 0 Å². The summed E-state index contributed by atoms with van der Waals surface area (Å²) in [6.45, 7) is 0. The van der Waals surface area contributed by atoms with Gasteiger partial charge in [0.2, 0.25) is 5.91 Å². The number of carbonyl (C=O) groups is 1. The van der Waals surface area contributed by atoms with Crippen LogP contribution < -0.4 is 15.8 Å². The smallest absolute Gasteiger partial charge is 0.245 e. The zero-order valence-corrected chi connectivity index (χ0v) is 11.0. The van der Waals surface area contributed by atoms with Crippen molar-refractivity contribution in [3.63, 3.8) is 0 Å². The zero-order valence-electron chi connectivity index (χ0n) is 11.0. The van der Waals surface area contributed by atoms with Crippen molar-refractivity contribution in [3.05, 3.63) is 54.1 Å². The van der Waals surface area contributed by atoms with Gasteiger partial charge >= 0.3 is 0 Å². The number of phenolic OH excluding ortho intramolecular Hbond substituents is 1. The first-order chi connectivity index (χ1) is 9.60. The molecule has 0 aliphatic heterocycles. The fourth-order valence-electron chi connectivity index (χ4n) is 1.73. The van der Waals surface area contributed by atoms with Crippen molar-refractivity contribution >= 4 is 11.6 Å². The van der Waals surface area contributed by atoms with Crippen molar-refractivity contribution in [3.8, 4) is 11.5 Å². The fraction of sp³-hybridized carbons (Fsp3) is 0.133. The van der Waals surface area contributed by atoms with Gasteiger partial charge in [0.1, 0.15) is 17.5 Å². The van der Waals surface area contributed by atoms with E-state index in [-0.39, 0.29) is 11.7 Å². The van der Waals surface area contributed by atoms with Crippen LogP contribution in [0.5, 0.6) is 11.5 Å². The summed E-state index contributed by atoms with van der Waals surface area (Å²) in [4.78, 5) is 12.0. The Morgan fingerprint density at radius 3 is 2.30 bits per heavy atom. The van der Waals surface area contributed by atoms with E-state index in [1.165, 1.54) is 12.1 Å². The van der Waals surface area contributed by atoms with E-state index in [0.717, 1.165) is 0 Å². The number of rotatable bonds is 4. The Balaban J connectivity index is 2.05. The SMILES string of the molecule is COc1ccc(NC(=O)[C@@H](N)c2ccc(O)cc2)cc1. The summed E-state index contributed by atoms with van der Waals surface area (Å²) in [5.41, 5.74) is 7.15. The first-order valence-corrected chi connectivity index (χ1v) is 6.09. The average molecular weight is 272 g/mol. The Morgan fingerprint density at radius 2 is 1.75 bits per heavy atom. The van der Waals surface area contributed by atoms with Gasteiger partial charge in [0.15, 0.2) is 0 Å². The number of aromatic hydroxyl groups is 1. The number of nitrogens with one attached hydrogen (secondary N) is 1. The van der Waals surface area contributed by atoms with E-state index in [1.807, 2.05) is 0 Å². The van der Waals surface area contributed by atoms with Gasteiger partial charge in [-0.15, -0.1) is 0 Å². The summed E-state index contributed by atoms with van der Waals surface area (Å²) >= 11 is 0. The van der Waals surface area contributed by atoms with Gasteiger partial charge < -0.3 is 20.9 Å². The van der Waals surface area contributed by atoms with Crippen LogP contribution in [0, 0.1) is 0 Å². The molecule has 5 heteroatoms. The average Bonchev–Trinajstić information content (AvgIpc) is 2.48. The number of hydrogen-bond acceptors (Lipinski definition) is 4. The van der Waals surface area contributed by atoms with Gasteiger partial charge in [0.25, 0.3) is 0 Å². The Hall–Kier alpha value is -2.53. The monoisotopic (exact) mass is 272 g/mol. The Labute approximate surface area is 117 Å². The predicted molar refractivity (Wildman–Crippen MR) is 76.7 cm³/mol. The molecule has 2 rings (SSSR count). The second-order valence-electron chi connectivity index (χ2n) is 4.29. The molecule has 0 aliphatic carbocycles. The lowest BCUT2D eigenvalue weighted by atomic mass is 10.1. The maximum Gasteiger partial charge on any atom is 0.245 e. The minimum Gasteiger partial charge on any atom is -0.508 e. The molecule has 5 nitrogen and oxygen atoms in total. The van der Waals surface area contributed by atoms with Gasteiger partial charge in [-0.2, -0.15) is 0 Å². The summed E-state index contributed by atoms with van der Waals surface area (Å²) in [6.07, 6.45) is 0. The number of amides is 1. The summed E-state index contributed by atoms with van der Waals surface area (Å²) < 4.78 is 5.04. The van der Waals surface area contributed by atoms with Crippen LogP contribution in [0.25, 0.3) is 0 Å². The van der Waals surface area contributed by atoms with Crippen LogP contribution in [0.3, 0.4) is 0 Å². The molecule has 0 fully saturated rings. The highest BCUT2D eigenvalue weighted by Gasteiger charge is 2.15. The van der Waals surface area contributed by atoms with Crippen molar-refractivity contribution in [2.24, 2.45) is 5.73 Å². The second kappa shape index (κ2) is 6.08. The number of phenols is 1. The third-order valence-electron chi connectivity index (χ3n) is 2.89. The van der Waals surface area contributed by atoms with Crippen molar-refractivity contribution in [2.45, 2.75) is 6.04 Å². The molecule has 2 aromatic carbocycles. The van der Waals surface area contributed by atoms with Crippen LogP contribution in [0.1, 0.15) is 11.6 Å². The largest absolute Gasteiger partial charge is 0.508 e. The van der Waals surface area contributed by atoms with Crippen LogP contribution in [-0.2, 0) is 4.79 Å². The third kappa shape index (κ3) is 3.27. The lowest BCUT2D eigenvalue weighted by Crippen LogP contribution is -2.27. The number of methoxy groups -OCH3 is 1. The van der Waals surface area contributed by atoms with E-state index >= 15 is 0 Å². The van der Waals surface area contributed by atoms with Gasteiger partial charge in [0.05, 0.1) is 7.11 Å². The molecule has 0 saturated carbocycles. The molecule has 0 radical (unpaired) electrons. The fourth-order valence-corrected chi connectivity index (χ4v) is 1.73. The van der Waals surface area contributed by atoms with Crippen LogP contribution in [0.4, 0.5) is 5.69 Å². The van der Waals surface area contributed by atoms with E-state index in [9.17, 15) is 9.90 Å². The Morgan fingerprint density at radius 1 is 1.15 bits per heavy atom. The van der Waals surface area contributed by atoms with E-state index in [2.05, 4.69) is 5.32 Å².